The maximum atomic E-state index is 13.6. The minimum Gasteiger partial charge on any atom is -0.472 e. The lowest BCUT2D eigenvalue weighted by molar-refractivity contribution is -0.137. The zero-order valence-electron chi connectivity index (χ0n) is 18.5. The maximum Gasteiger partial charge on any atom is 0.417 e. The van der Waals surface area contributed by atoms with Gasteiger partial charge in [-0.2, -0.15) is 28.2 Å². The monoisotopic (exact) mass is 459 g/mol. The Labute approximate surface area is 189 Å². The molecule has 3 heterocycles. The van der Waals surface area contributed by atoms with E-state index in [0.717, 1.165) is 17.8 Å². The van der Waals surface area contributed by atoms with Gasteiger partial charge in [-0.1, -0.05) is 19.1 Å². The summed E-state index contributed by atoms with van der Waals surface area (Å²) in [7, 11) is 0. The number of para-hydroxylation sites is 1. The van der Waals surface area contributed by atoms with Crippen LogP contribution in [0, 0.1) is 12.8 Å². The Hall–Kier alpha value is -3.43. The van der Waals surface area contributed by atoms with Gasteiger partial charge in [0.2, 0.25) is 5.88 Å². The molecule has 1 aliphatic heterocycles. The number of carbonyl (C=O) groups excluding carboxylic acids is 1. The molecule has 0 radical (unpaired) electrons. The molecule has 1 aromatic carbocycles. The van der Waals surface area contributed by atoms with Crippen LogP contribution in [0.5, 0.6) is 5.88 Å². The Kier molecular flexibility index (Phi) is 6.09. The average Bonchev–Trinajstić information content (AvgIpc) is 3.42. The molecule has 0 N–H and O–H groups in total. The van der Waals surface area contributed by atoms with Crippen molar-refractivity contribution in [2.75, 3.05) is 6.54 Å². The van der Waals surface area contributed by atoms with Gasteiger partial charge in [0.05, 0.1) is 29.6 Å². The summed E-state index contributed by atoms with van der Waals surface area (Å²) in [6.07, 6.45) is -0.384. The number of hydrogen-bond donors (Lipinski definition) is 0. The number of alkyl halides is 3. The minimum atomic E-state index is -4.46. The van der Waals surface area contributed by atoms with Crippen LogP contribution >= 0.6 is 0 Å². The zero-order chi connectivity index (χ0) is 23.8. The summed E-state index contributed by atoms with van der Waals surface area (Å²) in [4.78, 5) is 20.6. The first-order valence-electron chi connectivity index (χ1n) is 10.6. The Morgan fingerprint density at radius 2 is 1.91 bits per heavy atom. The van der Waals surface area contributed by atoms with Gasteiger partial charge < -0.3 is 9.64 Å². The van der Waals surface area contributed by atoms with Crippen LogP contribution in [0.3, 0.4) is 0 Å². The van der Waals surface area contributed by atoms with E-state index in [-0.39, 0.29) is 23.7 Å². The number of rotatable bonds is 5. The highest BCUT2D eigenvalue weighted by Crippen LogP contribution is 2.32. The zero-order valence-corrected chi connectivity index (χ0v) is 18.5. The number of nitrogens with zero attached hydrogens (tertiary/aromatic N) is 5. The van der Waals surface area contributed by atoms with Gasteiger partial charge in [-0.3, -0.25) is 4.79 Å². The van der Waals surface area contributed by atoms with Crippen LogP contribution in [0.1, 0.15) is 41.8 Å². The third-order valence-electron chi connectivity index (χ3n) is 5.81. The van der Waals surface area contributed by atoms with E-state index in [0.29, 0.717) is 24.2 Å². The lowest BCUT2D eigenvalue weighted by atomic mass is 10.0. The van der Waals surface area contributed by atoms with Gasteiger partial charge in [0.25, 0.3) is 5.91 Å². The van der Waals surface area contributed by atoms with Gasteiger partial charge in [-0.05, 0) is 43.9 Å². The van der Waals surface area contributed by atoms with E-state index < -0.39 is 17.8 Å². The van der Waals surface area contributed by atoms with E-state index in [9.17, 15) is 18.0 Å². The summed E-state index contributed by atoms with van der Waals surface area (Å²) in [5.74, 6) is 0.150. The standard InChI is InChI=1S/C23H24F3N5O2/c1-14-11-19(16(3)33-20-8-7-17(12-27-20)23(24,25)26)30(13-14)22(32)18-6-4-5-15(2)21(18)31-28-9-10-29-31/h4-10,12,14,16,19H,11,13H2,1-3H3. The number of likely N-dealkylation sites (tertiary alicyclic amines) is 1. The van der Waals surface area contributed by atoms with Crippen LogP contribution in [0.25, 0.3) is 5.69 Å². The Morgan fingerprint density at radius 1 is 1.18 bits per heavy atom. The molecule has 3 aromatic rings. The van der Waals surface area contributed by atoms with E-state index in [4.69, 9.17) is 4.74 Å². The predicted octanol–water partition coefficient (Wildman–Crippen LogP) is 4.31. The van der Waals surface area contributed by atoms with Crippen molar-refractivity contribution in [1.82, 2.24) is 24.9 Å². The first kappa shape index (κ1) is 22.8. The van der Waals surface area contributed by atoms with Crippen LogP contribution < -0.4 is 4.74 Å². The third-order valence-corrected chi connectivity index (χ3v) is 5.81. The topological polar surface area (TPSA) is 73.1 Å². The number of ether oxygens (including phenoxy) is 1. The average molecular weight is 459 g/mol. The molecule has 4 rings (SSSR count). The van der Waals surface area contributed by atoms with E-state index in [2.05, 4.69) is 22.1 Å². The van der Waals surface area contributed by atoms with Gasteiger partial charge in [0, 0.05) is 18.8 Å². The smallest absolute Gasteiger partial charge is 0.417 e. The molecule has 3 atom stereocenters. The van der Waals surface area contributed by atoms with Gasteiger partial charge in [-0.15, -0.1) is 0 Å². The molecule has 1 amide bonds. The highest BCUT2D eigenvalue weighted by atomic mass is 19.4. The molecule has 0 bridgehead atoms. The van der Waals surface area contributed by atoms with Gasteiger partial charge in [0.1, 0.15) is 11.8 Å². The summed E-state index contributed by atoms with van der Waals surface area (Å²) in [6.45, 7) is 6.28. The third kappa shape index (κ3) is 4.69. The molecular weight excluding hydrogens is 435 g/mol. The van der Waals surface area contributed by atoms with Crippen molar-refractivity contribution < 1.29 is 22.7 Å². The number of amides is 1. The second-order valence-electron chi connectivity index (χ2n) is 8.36. The summed E-state index contributed by atoms with van der Waals surface area (Å²) in [5.41, 5.74) is 1.11. The predicted molar refractivity (Wildman–Crippen MR) is 114 cm³/mol. The maximum absolute atomic E-state index is 13.6. The summed E-state index contributed by atoms with van der Waals surface area (Å²) < 4.78 is 44.3. The molecule has 2 aromatic heterocycles. The van der Waals surface area contributed by atoms with Gasteiger partial charge in [0.15, 0.2) is 0 Å². The number of benzene rings is 1. The van der Waals surface area contributed by atoms with Crippen molar-refractivity contribution in [3.05, 3.63) is 65.6 Å². The molecule has 0 spiro atoms. The fourth-order valence-electron chi connectivity index (χ4n) is 4.23. The summed E-state index contributed by atoms with van der Waals surface area (Å²) in [5, 5.41) is 8.38. The highest BCUT2D eigenvalue weighted by molar-refractivity contribution is 5.98. The Balaban J connectivity index is 1.57. The first-order chi connectivity index (χ1) is 15.6. The largest absolute Gasteiger partial charge is 0.472 e. The van der Waals surface area contributed by atoms with Crippen LogP contribution in [0.4, 0.5) is 13.2 Å². The quantitative estimate of drug-likeness (QED) is 0.569. The van der Waals surface area contributed by atoms with E-state index in [1.807, 2.05) is 19.1 Å². The fraction of sp³-hybridized carbons (Fsp3) is 0.391. The van der Waals surface area contributed by atoms with Gasteiger partial charge in [-0.25, -0.2) is 4.98 Å². The SMILES string of the molecule is Cc1cccc(C(=O)N2CC(C)CC2C(C)Oc2ccc(C(F)(F)F)cn2)c1-n1nccn1. The number of carbonyl (C=O) groups is 1. The van der Waals surface area contributed by atoms with Crippen molar-refractivity contribution >= 4 is 5.91 Å². The molecule has 33 heavy (non-hydrogen) atoms. The number of aromatic nitrogens is 4. The van der Waals surface area contributed by atoms with Crippen molar-refractivity contribution in [2.24, 2.45) is 5.92 Å². The van der Waals surface area contributed by atoms with E-state index in [1.54, 1.807) is 30.3 Å². The normalized spacial score (nSPS) is 19.5. The van der Waals surface area contributed by atoms with Crippen molar-refractivity contribution in [2.45, 2.75) is 45.5 Å². The molecule has 0 aliphatic carbocycles. The first-order valence-corrected chi connectivity index (χ1v) is 10.6. The molecule has 1 aliphatic rings. The van der Waals surface area contributed by atoms with Crippen molar-refractivity contribution in [1.29, 1.82) is 0 Å². The summed E-state index contributed by atoms with van der Waals surface area (Å²) >= 11 is 0. The lowest BCUT2D eigenvalue weighted by Crippen LogP contribution is -2.44. The number of halogens is 3. The Morgan fingerprint density at radius 3 is 2.55 bits per heavy atom. The highest BCUT2D eigenvalue weighted by Gasteiger charge is 2.39. The lowest BCUT2D eigenvalue weighted by Gasteiger charge is -2.30. The molecule has 7 nitrogen and oxygen atoms in total. The molecule has 3 unspecified atom stereocenters. The molecule has 0 saturated carbocycles. The number of aryl methyl sites for hydroxylation is 1. The molecule has 174 valence electrons. The fourth-order valence-corrected chi connectivity index (χ4v) is 4.23. The van der Waals surface area contributed by atoms with E-state index in [1.165, 1.54) is 10.9 Å². The molecule has 1 saturated heterocycles. The van der Waals surface area contributed by atoms with Crippen LogP contribution in [0.2, 0.25) is 0 Å². The van der Waals surface area contributed by atoms with Crippen molar-refractivity contribution in [3.8, 4) is 11.6 Å². The second kappa shape index (κ2) is 8.84. The summed E-state index contributed by atoms with van der Waals surface area (Å²) in [6, 6.07) is 7.32. The van der Waals surface area contributed by atoms with Crippen LogP contribution in [-0.2, 0) is 6.18 Å². The van der Waals surface area contributed by atoms with Crippen LogP contribution in [0.15, 0.2) is 48.9 Å². The molecule has 10 heteroatoms. The van der Waals surface area contributed by atoms with Gasteiger partial charge >= 0.3 is 6.18 Å². The number of pyridine rings is 1. The molecule has 1 fully saturated rings. The molecular formula is C23H24F3N5O2. The number of hydrogen-bond acceptors (Lipinski definition) is 5. The van der Waals surface area contributed by atoms with E-state index >= 15 is 0 Å². The minimum absolute atomic E-state index is 0.0828. The Bertz CT molecular complexity index is 1120. The van der Waals surface area contributed by atoms with Crippen molar-refractivity contribution in [3.63, 3.8) is 0 Å². The van der Waals surface area contributed by atoms with Crippen LogP contribution in [-0.4, -0.2) is 49.5 Å². The second-order valence-corrected chi connectivity index (χ2v) is 8.36.